The largest absolute Gasteiger partial charge is 0.455 e. The molecule has 1 N–H and O–H groups in total. The van der Waals surface area contributed by atoms with Gasteiger partial charge in [0.15, 0.2) is 0 Å². The van der Waals surface area contributed by atoms with Crippen molar-refractivity contribution < 1.29 is 9.15 Å². The van der Waals surface area contributed by atoms with Crippen LogP contribution in [-0.2, 0) is 11.2 Å². The predicted octanol–water partition coefficient (Wildman–Crippen LogP) is 0.894. The Labute approximate surface area is 117 Å². The minimum atomic E-state index is -0.132. The summed E-state index contributed by atoms with van der Waals surface area (Å²) in [5, 5.41) is 10.8. The average molecular weight is 277 g/mol. The molecule has 3 saturated heterocycles. The molecular weight excluding hydrogens is 258 g/mol. The highest BCUT2D eigenvalue weighted by atomic mass is 16.5. The smallest absolute Gasteiger partial charge is 0.323 e. The van der Waals surface area contributed by atoms with Crippen LogP contribution in [0, 0.1) is 5.92 Å². The molecule has 2 bridgehead atoms. The van der Waals surface area contributed by atoms with Crippen molar-refractivity contribution in [1.29, 1.82) is 0 Å². The Morgan fingerprint density at radius 3 is 2.85 bits per heavy atom. The maximum Gasteiger partial charge on any atom is 0.323 e. The molecule has 3 fully saturated rings. The Balaban J connectivity index is 1.45. The van der Waals surface area contributed by atoms with Gasteiger partial charge in [-0.25, -0.2) is 4.99 Å². The van der Waals surface area contributed by atoms with E-state index in [-0.39, 0.29) is 5.60 Å². The van der Waals surface area contributed by atoms with Gasteiger partial charge in [-0.2, -0.15) is 0 Å². The lowest BCUT2D eigenvalue weighted by atomic mass is 9.75. The van der Waals surface area contributed by atoms with Crippen molar-refractivity contribution in [1.82, 2.24) is 15.1 Å². The quantitative estimate of drug-likeness (QED) is 0.865. The summed E-state index contributed by atoms with van der Waals surface area (Å²) in [6.07, 6.45) is 3.15. The van der Waals surface area contributed by atoms with Gasteiger partial charge >= 0.3 is 6.01 Å². The summed E-state index contributed by atoms with van der Waals surface area (Å²) in [6, 6.07) is 0.879. The SMILES string of the molecule is CCc1nnc(NC2=NCC3(CN4CCC3CC4)O2)o1. The van der Waals surface area contributed by atoms with Crippen molar-refractivity contribution in [3.8, 4) is 0 Å². The van der Waals surface area contributed by atoms with E-state index in [0.717, 1.165) is 19.5 Å². The molecule has 7 nitrogen and oxygen atoms in total. The molecule has 0 amide bonds. The number of nitrogens with one attached hydrogen (secondary N) is 1. The fourth-order valence-electron chi connectivity index (χ4n) is 3.49. The van der Waals surface area contributed by atoms with Gasteiger partial charge in [0.1, 0.15) is 5.60 Å². The number of aryl methyl sites for hydroxylation is 1. The van der Waals surface area contributed by atoms with E-state index in [1.54, 1.807) is 0 Å². The van der Waals surface area contributed by atoms with E-state index in [9.17, 15) is 0 Å². The third-order valence-corrected chi connectivity index (χ3v) is 4.60. The predicted molar refractivity (Wildman–Crippen MR) is 72.6 cm³/mol. The van der Waals surface area contributed by atoms with Crippen molar-refractivity contribution in [3.05, 3.63) is 5.89 Å². The minimum Gasteiger partial charge on any atom is -0.455 e. The zero-order valence-electron chi connectivity index (χ0n) is 11.6. The normalized spacial score (nSPS) is 35.1. The van der Waals surface area contributed by atoms with Gasteiger partial charge in [0, 0.05) is 18.9 Å². The lowest BCUT2D eigenvalue weighted by Gasteiger charge is -2.50. The summed E-state index contributed by atoms with van der Waals surface area (Å²) >= 11 is 0. The number of anilines is 1. The maximum atomic E-state index is 6.14. The van der Waals surface area contributed by atoms with Crippen LogP contribution in [0.5, 0.6) is 0 Å². The van der Waals surface area contributed by atoms with E-state index in [4.69, 9.17) is 9.15 Å². The Hall–Kier alpha value is -1.63. The Morgan fingerprint density at radius 1 is 1.35 bits per heavy atom. The average Bonchev–Trinajstić information content (AvgIpc) is 3.08. The number of aliphatic imine (C=N–C) groups is 1. The molecule has 0 radical (unpaired) electrons. The third kappa shape index (κ3) is 1.88. The fraction of sp³-hybridized carbons (Fsp3) is 0.769. The lowest BCUT2D eigenvalue weighted by molar-refractivity contribution is -0.0829. The van der Waals surface area contributed by atoms with E-state index in [0.29, 0.717) is 23.8 Å². The molecular formula is C13H19N5O2. The lowest BCUT2D eigenvalue weighted by Crippen LogP contribution is -2.61. The summed E-state index contributed by atoms with van der Waals surface area (Å²) < 4.78 is 11.6. The van der Waals surface area contributed by atoms with Gasteiger partial charge in [0.2, 0.25) is 5.89 Å². The van der Waals surface area contributed by atoms with Gasteiger partial charge in [-0.3, -0.25) is 10.2 Å². The maximum absolute atomic E-state index is 6.14. The highest BCUT2D eigenvalue weighted by Gasteiger charge is 2.51. The number of ether oxygens (including phenoxy) is 1. The molecule has 0 aromatic carbocycles. The van der Waals surface area contributed by atoms with Gasteiger partial charge in [-0.1, -0.05) is 12.0 Å². The molecule has 0 saturated carbocycles. The third-order valence-electron chi connectivity index (χ3n) is 4.60. The van der Waals surface area contributed by atoms with Crippen molar-refractivity contribution in [3.63, 3.8) is 0 Å². The van der Waals surface area contributed by atoms with Gasteiger partial charge in [0.25, 0.3) is 6.02 Å². The molecule has 1 spiro atoms. The number of aromatic nitrogens is 2. The summed E-state index contributed by atoms with van der Waals surface area (Å²) in [5.41, 5.74) is -0.132. The molecule has 1 aromatic heterocycles. The highest BCUT2D eigenvalue weighted by Crippen LogP contribution is 2.40. The summed E-state index contributed by atoms with van der Waals surface area (Å²) in [6.45, 7) is 6.08. The second kappa shape index (κ2) is 4.44. The van der Waals surface area contributed by atoms with Crippen molar-refractivity contribution in [2.45, 2.75) is 31.8 Å². The minimum absolute atomic E-state index is 0.132. The van der Waals surface area contributed by atoms with Gasteiger partial charge < -0.3 is 9.15 Å². The number of nitrogens with zero attached hydrogens (tertiary/aromatic N) is 4. The number of amidine groups is 1. The highest BCUT2D eigenvalue weighted by molar-refractivity contribution is 5.88. The summed E-state index contributed by atoms with van der Waals surface area (Å²) in [4.78, 5) is 6.96. The molecule has 108 valence electrons. The fourth-order valence-corrected chi connectivity index (χ4v) is 3.49. The van der Waals surface area contributed by atoms with Crippen molar-refractivity contribution >= 4 is 12.0 Å². The number of hydrogen-bond donors (Lipinski definition) is 1. The van der Waals surface area contributed by atoms with Crippen LogP contribution < -0.4 is 5.32 Å². The monoisotopic (exact) mass is 277 g/mol. The molecule has 7 heteroatoms. The Bertz CT molecular complexity index is 535. The van der Waals surface area contributed by atoms with Gasteiger partial charge in [-0.15, -0.1) is 5.10 Å². The number of fused-ring (bicyclic) bond motifs is 2. The first-order chi connectivity index (χ1) is 9.77. The van der Waals surface area contributed by atoms with E-state index in [1.807, 2.05) is 6.92 Å². The molecule has 5 rings (SSSR count). The molecule has 4 aliphatic heterocycles. The first-order valence-corrected chi connectivity index (χ1v) is 7.33. The molecule has 1 atom stereocenters. The van der Waals surface area contributed by atoms with E-state index >= 15 is 0 Å². The summed E-state index contributed by atoms with van der Waals surface area (Å²) in [5.74, 6) is 1.23. The van der Waals surface area contributed by atoms with Crippen LogP contribution in [-0.4, -0.2) is 52.9 Å². The molecule has 0 aliphatic carbocycles. The van der Waals surface area contributed by atoms with Crippen LogP contribution in [0.3, 0.4) is 0 Å². The number of piperidine rings is 3. The first kappa shape index (κ1) is 12.1. The molecule has 4 aliphatic rings. The standard InChI is InChI=1S/C13H19N5O2/c1-2-10-16-17-12(19-10)15-11-14-7-13(20-11)8-18-5-3-9(13)4-6-18/h9H,2-8H2,1H3,(H,14,15,17). The van der Waals surface area contributed by atoms with Crippen LogP contribution in [0.25, 0.3) is 0 Å². The zero-order chi connectivity index (χ0) is 13.6. The Kier molecular flexibility index (Phi) is 2.70. The van der Waals surface area contributed by atoms with Crippen LogP contribution >= 0.6 is 0 Å². The van der Waals surface area contributed by atoms with Crippen LogP contribution in [0.4, 0.5) is 6.01 Å². The molecule has 5 heterocycles. The molecule has 20 heavy (non-hydrogen) atoms. The number of rotatable bonds is 2. The van der Waals surface area contributed by atoms with Gasteiger partial charge in [0.05, 0.1) is 6.54 Å². The zero-order valence-corrected chi connectivity index (χ0v) is 11.6. The van der Waals surface area contributed by atoms with Crippen LogP contribution in [0.15, 0.2) is 9.41 Å². The van der Waals surface area contributed by atoms with E-state index < -0.39 is 0 Å². The van der Waals surface area contributed by atoms with Crippen molar-refractivity contribution in [2.24, 2.45) is 10.9 Å². The Morgan fingerprint density at radius 2 is 2.20 bits per heavy atom. The van der Waals surface area contributed by atoms with Crippen LogP contribution in [0.2, 0.25) is 0 Å². The van der Waals surface area contributed by atoms with Gasteiger partial charge in [-0.05, 0) is 25.9 Å². The second-order valence-corrected chi connectivity index (χ2v) is 5.82. The molecule has 1 unspecified atom stereocenters. The van der Waals surface area contributed by atoms with Crippen LogP contribution in [0.1, 0.15) is 25.7 Å². The van der Waals surface area contributed by atoms with Crippen molar-refractivity contribution in [2.75, 3.05) is 31.5 Å². The second-order valence-electron chi connectivity index (χ2n) is 5.82. The van der Waals surface area contributed by atoms with E-state index in [2.05, 4.69) is 25.4 Å². The number of hydrogen-bond acceptors (Lipinski definition) is 7. The first-order valence-electron chi connectivity index (χ1n) is 7.33. The topological polar surface area (TPSA) is 75.8 Å². The summed E-state index contributed by atoms with van der Waals surface area (Å²) in [7, 11) is 0. The molecule has 1 aromatic rings. The van der Waals surface area contributed by atoms with E-state index in [1.165, 1.54) is 25.9 Å².